The Morgan fingerprint density at radius 2 is 1.70 bits per heavy atom. The first kappa shape index (κ1) is 20.6. The van der Waals surface area contributed by atoms with Gasteiger partial charge in [0.1, 0.15) is 6.04 Å². The van der Waals surface area contributed by atoms with E-state index in [0.29, 0.717) is 23.8 Å². The molecule has 7 nitrogen and oxygen atoms in total. The van der Waals surface area contributed by atoms with Crippen LogP contribution < -0.4 is 5.32 Å². The summed E-state index contributed by atoms with van der Waals surface area (Å²) in [4.78, 5) is 37.4. The van der Waals surface area contributed by atoms with Crippen molar-refractivity contribution in [1.29, 1.82) is 0 Å². The number of H-pyrrole nitrogens is 1. The summed E-state index contributed by atoms with van der Waals surface area (Å²) in [6, 6.07) is 3.07. The average molecular weight is 411 g/mol. The fourth-order valence-electron chi connectivity index (χ4n) is 4.76. The molecule has 0 bridgehead atoms. The number of carbonyl (C=O) groups excluding carboxylic acids is 2. The second-order valence-corrected chi connectivity index (χ2v) is 8.50. The number of aromatic nitrogens is 3. The summed E-state index contributed by atoms with van der Waals surface area (Å²) in [7, 11) is 1.33. The number of nitrogens with zero attached hydrogens (tertiary/aromatic N) is 2. The van der Waals surface area contributed by atoms with Crippen LogP contribution in [0.15, 0.2) is 24.7 Å². The summed E-state index contributed by atoms with van der Waals surface area (Å²) in [6.07, 6.45) is 12.9. The molecule has 7 heteroatoms. The summed E-state index contributed by atoms with van der Waals surface area (Å²) >= 11 is 0. The summed E-state index contributed by atoms with van der Waals surface area (Å²) in [6.45, 7) is 0. The SMILES string of the molecule is COC(=O)[C@@H](Cc1cnc[nH]1)NC(=O)c1cc(C2CCCC2)nc(C2CCCC2)c1. The van der Waals surface area contributed by atoms with Gasteiger partial charge in [0.2, 0.25) is 0 Å². The molecule has 1 atom stereocenters. The third-order valence-electron chi connectivity index (χ3n) is 6.44. The molecule has 2 heterocycles. The maximum atomic E-state index is 13.2. The lowest BCUT2D eigenvalue weighted by atomic mass is 9.96. The van der Waals surface area contributed by atoms with E-state index in [9.17, 15) is 9.59 Å². The number of hydrogen-bond acceptors (Lipinski definition) is 5. The fourth-order valence-corrected chi connectivity index (χ4v) is 4.76. The molecule has 0 aromatic carbocycles. The van der Waals surface area contributed by atoms with Crippen molar-refractivity contribution in [3.05, 3.63) is 47.3 Å². The van der Waals surface area contributed by atoms with Crippen molar-refractivity contribution >= 4 is 11.9 Å². The highest BCUT2D eigenvalue weighted by Gasteiger charge is 2.27. The van der Waals surface area contributed by atoms with E-state index in [1.54, 1.807) is 12.5 Å². The van der Waals surface area contributed by atoms with Crippen LogP contribution in [0.4, 0.5) is 0 Å². The third-order valence-corrected chi connectivity index (χ3v) is 6.44. The lowest BCUT2D eigenvalue weighted by Gasteiger charge is -2.19. The van der Waals surface area contributed by atoms with Crippen LogP contribution in [0.5, 0.6) is 0 Å². The van der Waals surface area contributed by atoms with Crippen LogP contribution in [-0.2, 0) is 16.0 Å². The summed E-state index contributed by atoms with van der Waals surface area (Å²) in [5.41, 5.74) is 3.42. The Balaban J connectivity index is 1.58. The molecule has 0 spiro atoms. The molecule has 1 amide bonds. The zero-order valence-corrected chi connectivity index (χ0v) is 17.5. The number of pyridine rings is 1. The zero-order chi connectivity index (χ0) is 20.9. The minimum atomic E-state index is -0.777. The Kier molecular flexibility index (Phi) is 6.45. The molecule has 2 aliphatic rings. The van der Waals surface area contributed by atoms with Gasteiger partial charge >= 0.3 is 5.97 Å². The molecule has 2 aliphatic carbocycles. The molecule has 2 N–H and O–H groups in total. The van der Waals surface area contributed by atoms with Crippen molar-refractivity contribution in [3.8, 4) is 0 Å². The van der Waals surface area contributed by atoms with E-state index >= 15 is 0 Å². The van der Waals surface area contributed by atoms with Gasteiger partial charge in [0.15, 0.2) is 0 Å². The quantitative estimate of drug-likeness (QED) is 0.680. The summed E-state index contributed by atoms with van der Waals surface area (Å²) in [5, 5.41) is 2.87. The predicted octanol–water partition coefficient (Wildman–Crippen LogP) is 3.63. The molecule has 2 aromatic rings. The van der Waals surface area contributed by atoms with E-state index in [1.165, 1.54) is 32.8 Å². The molecule has 0 aliphatic heterocycles. The highest BCUT2D eigenvalue weighted by molar-refractivity contribution is 5.97. The Bertz CT molecular complexity index is 834. The molecule has 0 unspecified atom stereocenters. The van der Waals surface area contributed by atoms with E-state index in [1.807, 2.05) is 12.1 Å². The Morgan fingerprint density at radius 3 is 2.20 bits per heavy atom. The van der Waals surface area contributed by atoms with Crippen LogP contribution in [0, 0.1) is 0 Å². The van der Waals surface area contributed by atoms with Crippen molar-refractivity contribution in [1.82, 2.24) is 20.3 Å². The number of amides is 1. The standard InChI is InChI=1S/C23H30N4O3/c1-30-23(29)21(12-18-13-24-14-25-18)27-22(28)17-10-19(15-6-2-3-7-15)26-20(11-17)16-8-4-5-9-16/h10-11,13-16,21H,2-9,12H2,1H3,(H,24,25)(H,27,28)/t21-/m1/s1. The van der Waals surface area contributed by atoms with Crippen LogP contribution >= 0.6 is 0 Å². The van der Waals surface area contributed by atoms with E-state index in [4.69, 9.17) is 9.72 Å². The number of esters is 1. The maximum absolute atomic E-state index is 13.2. The van der Waals surface area contributed by atoms with Gasteiger partial charge in [0.25, 0.3) is 5.91 Å². The second kappa shape index (κ2) is 9.41. The summed E-state index contributed by atoms with van der Waals surface area (Å²) in [5.74, 6) is 0.128. The van der Waals surface area contributed by atoms with E-state index in [0.717, 1.165) is 42.8 Å². The van der Waals surface area contributed by atoms with Gasteiger partial charge in [0.05, 0.1) is 13.4 Å². The molecule has 30 heavy (non-hydrogen) atoms. The first-order valence-corrected chi connectivity index (χ1v) is 11.0. The Hall–Kier alpha value is -2.70. The summed E-state index contributed by atoms with van der Waals surface area (Å²) < 4.78 is 4.91. The molecule has 2 saturated carbocycles. The van der Waals surface area contributed by atoms with E-state index in [2.05, 4.69) is 15.3 Å². The van der Waals surface area contributed by atoms with Crippen LogP contribution in [0.3, 0.4) is 0 Å². The molecule has 2 fully saturated rings. The predicted molar refractivity (Wildman–Crippen MR) is 112 cm³/mol. The number of carbonyl (C=O) groups is 2. The van der Waals surface area contributed by atoms with Gasteiger partial charge in [-0.25, -0.2) is 9.78 Å². The lowest BCUT2D eigenvalue weighted by molar-refractivity contribution is -0.142. The topological polar surface area (TPSA) is 97.0 Å². The lowest BCUT2D eigenvalue weighted by Crippen LogP contribution is -2.43. The zero-order valence-electron chi connectivity index (χ0n) is 17.5. The van der Waals surface area contributed by atoms with Gasteiger partial charge in [-0.3, -0.25) is 9.78 Å². The smallest absolute Gasteiger partial charge is 0.328 e. The van der Waals surface area contributed by atoms with E-state index in [-0.39, 0.29) is 5.91 Å². The first-order valence-electron chi connectivity index (χ1n) is 11.0. The minimum Gasteiger partial charge on any atom is -0.467 e. The van der Waals surface area contributed by atoms with Crippen molar-refractivity contribution in [3.63, 3.8) is 0 Å². The van der Waals surface area contributed by atoms with Crippen molar-refractivity contribution in [2.24, 2.45) is 0 Å². The van der Waals surface area contributed by atoms with Crippen molar-refractivity contribution < 1.29 is 14.3 Å². The second-order valence-electron chi connectivity index (χ2n) is 8.50. The third kappa shape index (κ3) is 4.71. The molecular weight excluding hydrogens is 380 g/mol. The van der Waals surface area contributed by atoms with Crippen LogP contribution in [0.25, 0.3) is 0 Å². The van der Waals surface area contributed by atoms with Crippen LogP contribution in [0.2, 0.25) is 0 Å². The van der Waals surface area contributed by atoms with Gasteiger partial charge in [-0.1, -0.05) is 25.7 Å². The number of aromatic amines is 1. The number of rotatable bonds is 7. The molecule has 0 saturated heterocycles. The number of nitrogens with one attached hydrogen (secondary N) is 2. The monoisotopic (exact) mass is 410 g/mol. The number of hydrogen-bond donors (Lipinski definition) is 2. The Labute approximate surface area is 177 Å². The highest BCUT2D eigenvalue weighted by atomic mass is 16.5. The van der Waals surface area contributed by atoms with Crippen LogP contribution in [-0.4, -0.2) is 40.0 Å². The average Bonchev–Trinajstić information content (AvgIpc) is 3.55. The van der Waals surface area contributed by atoms with Gasteiger partial charge in [0, 0.05) is 47.1 Å². The molecular formula is C23H30N4O3. The molecule has 2 aromatic heterocycles. The molecule has 0 radical (unpaired) electrons. The molecule has 160 valence electrons. The van der Waals surface area contributed by atoms with Crippen molar-refractivity contribution in [2.45, 2.75) is 75.7 Å². The van der Waals surface area contributed by atoms with Crippen LogP contribution in [0.1, 0.15) is 90.6 Å². The Morgan fingerprint density at radius 1 is 1.10 bits per heavy atom. The minimum absolute atomic E-state index is 0.259. The largest absolute Gasteiger partial charge is 0.467 e. The number of ether oxygens (including phenoxy) is 1. The van der Waals surface area contributed by atoms with Gasteiger partial charge < -0.3 is 15.0 Å². The number of imidazole rings is 1. The maximum Gasteiger partial charge on any atom is 0.328 e. The van der Waals surface area contributed by atoms with E-state index < -0.39 is 12.0 Å². The van der Waals surface area contributed by atoms with Crippen molar-refractivity contribution in [2.75, 3.05) is 7.11 Å². The highest BCUT2D eigenvalue weighted by Crippen LogP contribution is 2.37. The van der Waals surface area contributed by atoms with Gasteiger partial charge in [-0.2, -0.15) is 0 Å². The fraction of sp³-hybridized carbons (Fsp3) is 0.565. The normalized spacial score (nSPS) is 18.4. The molecule has 4 rings (SSSR count). The number of methoxy groups -OCH3 is 1. The first-order chi connectivity index (χ1) is 14.6. The van der Waals surface area contributed by atoms with Gasteiger partial charge in [-0.15, -0.1) is 0 Å². The van der Waals surface area contributed by atoms with Gasteiger partial charge in [-0.05, 0) is 37.8 Å².